The molecule has 1 aliphatic rings. The molecule has 1 heterocycles. The maximum absolute atomic E-state index is 11.2. The van der Waals surface area contributed by atoms with Gasteiger partial charge in [0.1, 0.15) is 0 Å². The zero-order valence-electron chi connectivity index (χ0n) is 8.93. The van der Waals surface area contributed by atoms with Gasteiger partial charge in [-0.1, -0.05) is 0 Å². The Balaban J connectivity index is 2.39. The van der Waals surface area contributed by atoms with Crippen LogP contribution in [0.4, 0.5) is 0 Å². The minimum atomic E-state index is -3.01. The van der Waals surface area contributed by atoms with Crippen LogP contribution in [-0.4, -0.2) is 57.3 Å². The Bertz CT molecular complexity index is 268. The van der Waals surface area contributed by atoms with E-state index in [-0.39, 0.29) is 6.10 Å². The largest absolute Gasteiger partial charge is 0.296 e. The first-order valence-corrected chi connectivity index (χ1v) is 6.53. The van der Waals surface area contributed by atoms with Crippen molar-refractivity contribution in [1.82, 2.24) is 9.37 Å². The number of hydrogen-bond acceptors (Lipinski definition) is 4. The van der Waals surface area contributed by atoms with E-state index in [4.69, 9.17) is 4.84 Å². The molecule has 0 spiro atoms. The van der Waals surface area contributed by atoms with E-state index < -0.39 is 10.0 Å². The molecule has 0 N–H and O–H groups in total. The second-order valence-corrected chi connectivity index (χ2v) is 5.76. The summed E-state index contributed by atoms with van der Waals surface area (Å²) in [7, 11) is 0.659. The van der Waals surface area contributed by atoms with Crippen molar-refractivity contribution >= 4 is 10.0 Å². The minimum absolute atomic E-state index is 0.156. The fourth-order valence-corrected chi connectivity index (χ4v) is 2.44. The van der Waals surface area contributed by atoms with Gasteiger partial charge >= 0.3 is 0 Å². The lowest BCUT2D eigenvalue weighted by Gasteiger charge is -2.31. The van der Waals surface area contributed by atoms with Gasteiger partial charge in [-0.05, 0) is 12.8 Å². The number of rotatable bonds is 3. The molecule has 0 aromatic carbocycles. The van der Waals surface area contributed by atoms with E-state index in [1.807, 2.05) is 14.1 Å². The second-order valence-electron chi connectivity index (χ2n) is 3.78. The Labute approximate surface area is 85.6 Å². The van der Waals surface area contributed by atoms with Crippen molar-refractivity contribution in [3.8, 4) is 0 Å². The Morgan fingerprint density at radius 1 is 1.29 bits per heavy atom. The molecule has 1 fully saturated rings. The molecular weight excluding hydrogens is 204 g/mol. The van der Waals surface area contributed by atoms with Crippen LogP contribution < -0.4 is 0 Å². The van der Waals surface area contributed by atoms with Crippen molar-refractivity contribution in [1.29, 1.82) is 0 Å². The fraction of sp³-hybridized carbons (Fsp3) is 1.00. The number of piperidine rings is 1. The van der Waals surface area contributed by atoms with Crippen LogP contribution in [0.5, 0.6) is 0 Å². The lowest BCUT2D eigenvalue weighted by atomic mass is 10.1. The van der Waals surface area contributed by atoms with Crippen LogP contribution in [0.2, 0.25) is 0 Å². The van der Waals surface area contributed by atoms with Crippen LogP contribution in [-0.2, 0) is 14.9 Å². The van der Waals surface area contributed by atoms with Crippen molar-refractivity contribution in [2.75, 3.05) is 33.4 Å². The molecule has 0 aromatic rings. The van der Waals surface area contributed by atoms with E-state index in [0.717, 1.165) is 12.8 Å². The normalized spacial score (nSPS) is 21.7. The molecular formula is C8H18N2O3S. The lowest BCUT2D eigenvalue weighted by Crippen LogP contribution is -2.41. The molecule has 0 radical (unpaired) electrons. The van der Waals surface area contributed by atoms with Gasteiger partial charge in [0.05, 0.1) is 12.4 Å². The zero-order valence-corrected chi connectivity index (χ0v) is 9.75. The highest BCUT2D eigenvalue weighted by atomic mass is 32.2. The molecule has 84 valence electrons. The lowest BCUT2D eigenvalue weighted by molar-refractivity contribution is -0.173. The van der Waals surface area contributed by atoms with Crippen LogP contribution in [0.15, 0.2) is 0 Å². The van der Waals surface area contributed by atoms with Crippen LogP contribution >= 0.6 is 0 Å². The number of hydroxylamine groups is 2. The first kappa shape index (κ1) is 11.9. The van der Waals surface area contributed by atoms with E-state index in [1.54, 1.807) is 5.06 Å². The Kier molecular flexibility index (Phi) is 3.88. The monoisotopic (exact) mass is 222 g/mol. The molecule has 14 heavy (non-hydrogen) atoms. The number of sulfonamides is 1. The molecule has 0 unspecified atom stereocenters. The molecule has 0 atom stereocenters. The summed E-state index contributed by atoms with van der Waals surface area (Å²) in [4.78, 5) is 5.46. The van der Waals surface area contributed by atoms with Gasteiger partial charge in [0, 0.05) is 27.2 Å². The summed E-state index contributed by atoms with van der Waals surface area (Å²) in [5.41, 5.74) is 0. The summed E-state index contributed by atoms with van der Waals surface area (Å²) in [6.45, 7) is 1.13. The van der Waals surface area contributed by atoms with Crippen LogP contribution in [0.1, 0.15) is 12.8 Å². The third-order valence-corrected chi connectivity index (χ3v) is 3.53. The number of nitrogens with zero attached hydrogens (tertiary/aromatic N) is 2. The van der Waals surface area contributed by atoms with Crippen LogP contribution in [0.25, 0.3) is 0 Å². The quantitative estimate of drug-likeness (QED) is 0.626. The SMILES string of the molecule is CN(C)OC1CCN(S(C)(=O)=O)CC1. The summed E-state index contributed by atoms with van der Waals surface area (Å²) in [5.74, 6) is 0. The third-order valence-electron chi connectivity index (χ3n) is 2.23. The second kappa shape index (κ2) is 4.57. The highest BCUT2D eigenvalue weighted by molar-refractivity contribution is 7.88. The summed E-state index contributed by atoms with van der Waals surface area (Å²) >= 11 is 0. The highest BCUT2D eigenvalue weighted by Crippen LogP contribution is 2.16. The molecule has 0 aliphatic carbocycles. The average Bonchev–Trinajstić information content (AvgIpc) is 2.02. The molecule has 0 bridgehead atoms. The minimum Gasteiger partial charge on any atom is -0.296 e. The predicted octanol–water partition coefficient (Wildman–Crippen LogP) is -0.0964. The van der Waals surface area contributed by atoms with Crippen molar-refractivity contribution in [2.24, 2.45) is 0 Å². The first-order valence-electron chi connectivity index (χ1n) is 4.69. The van der Waals surface area contributed by atoms with Gasteiger partial charge in [0.2, 0.25) is 10.0 Å². The third kappa shape index (κ3) is 3.53. The van der Waals surface area contributed by atoms with Gasteiger partial charge in [-0.2, -0.15) is 5.06 Å². The van der Waals surface area contributed by atoms with E-state index >= 15 is 0 Å². The van der Waals surface area contributed by atoms with Crippen LogP contribution in [0, 0.1) is 0 Å². The molecule has 1 rings (SSSR count). The average molecular weight is 222 g/mol. The zero-order chi connectivity index (χ0) is 10.8. The Hall–Kier alpha value is -0.170. The van der Waals surface area contributed by atoms with Gasteiger partial charge in [0.15, 0.2) is 0 Å². The fourth-order valence-electron chi connectivity index (χ4n) is 1.57. The first-order chi connectivity index (χ1) is 6.39. The summed E-state index contributed by atoms with van der Waals surface area (Å²) in [6, 6.07) is 0. The van der Waals surface area contributed by atoms with E-state index in [2.05, 4.69) is 0 Å². The van der Waals surface area contributed by atoms with Crippen molar-refractivity contribution in [3.05, 3.63) is 0 Å². The molecule has 1 aliphatic heterocycles. The summed E-state index contributed by atoms with van der Waals surface area (Å²) < 4.78 is 23.9. The van der Waals surface area contributed by atoms with Gasteiger partial charge in [-0.25, -0.2) is 12.7 Å². The van der Waals surface area contributed by atoms with Gasteiger partial charge in [-0.15, -0.1) is 0 Å². The Morgan fingerprint density at radius 3 is 2.14 bits per heavy atom. The maximum atomic E-state index is 11.2. The van der Waals surface area contributed by atoms with Crippen molar-refractivity contribution < 1.29 is 13.3 Å². The van der Waals surface area contributed by atoms with E-state index in [0.29, 0.717) is 13.1 Å². The Morgan fingerprint density at radius 2 is 1.79 bits per heavy atom. The molecule has 6 heteroatoms. The van der Waals surface area contributed by atoms with Gasteiger partial charge in [-0.3, -0.25) is 4.84 Å². The molecule has 5 nitrogen and oxygen atoms in total. The summed E-state index contributed by atoms with van der Waals surface area (Å²) in [5, 5.41) is 1.67. The molecule has 0 aromatic heterocycles. The molecule has 0 saturated carbocycles. The van der Waals surface area contributed by atoms with Crippen molar-refractivity contribution in [3.63, 3.8) is 0 Å². The standard InChI is InChI=1S/C8H18N2O3S/c1-9(2)13-8-4-6-10(7-5-8)14(3,11)12/h8H,4-7H2,1-3H3. The van der Waals surface area contributed by atoms with Crippen LogP contribution in [0.3, 0.4) is 0 Å². The van der Waals surface area contributed by atoms with Gasteiger partial charge < -0.3 is 0 Å². The molecule has 1 saturated heterocycles. The summed E-state index contributed by atoms with van der Waals surface area (Å²) in [6.07, 6.45) is 2.94. The van der Waals surface area contributed by atoms with Gasteiger partial charge in [0.25, 0.3) is 0 Å². The van der Waals surface area contributed by atoms with E-state index in [1.165, 1.54) is 10.6 Å². The molecule has 0 amide bonds. The smallest absolute Gasteiger partial charge is 0.211 e. The predicted molar refractivity (Wildman–Crippen MR) is 54.2 cm³/mol. The topological polar surface area (TPSA) is 49.9 Å². The number of hydrogen-bond donors (Lipinski definition) is 0. The maximum Gasteiger partial charge on any atom is 0.211 e. The van der Waals surface area contributed by atoms with E-state index in [9.17, 15) is 8.42 Å². The highest BCUT2D eigenvalue weighted by Gasteiger charge is 2.25. The van der Waals surface area contributed by atoms with Crippen molar-refractivity contribution in [2.45, 2.75) is 18.9 Å².